The summed E-state index contributed by atoms with van der Waals surface area (Å²) in [7, 11) is 0. The first kappa shape index (κ1) is 18.5. The third-order valence-electron chi connectivity index (χ3n) is 5.98. The van der Waals surface area contributed by atoms with Crippen molar-refractivity contribution in [3.63, 3.8) is 0 Å². The number of carbonyl (C=O) groups excluding carboxylic acids is 1. The summed E-state index contributed by atoms with van der Waals surface area (Å²) in [5, 5.41) is 12.8. The number of carboxylic acids is 1. The summed E-state index contributed by atoms with van der Waals surface area (Å²) >= 11 is 0. The summed E-state index contributed by atoms with van der Waals surface area (Å²) in [6.45, 7) is 10.3. The molecule has 1 aliphatic heterocycles. The van der Waals surface area contributed by atoms with Gasteiger partial charge in [0.05, 0.1) is 0 Å². The zero-order chi connectivity index (χ0) is 19.4. The molecule has 1 aromatic heterocycles. The first-order valence-corrected chi connectivity index (χ1v) is 8.93. The average molecular weight is 361 g/mol. The lowest BCUT2D eigenvalue weighted by Crippen LogP contribution is -2.55. The number of carboxylic acid groups (broad SMARTS) is 1. The van der Waals surface area contributed by atoms with Crippen molar-refractivity contribution < 1.29 is 14.7 Å². The van der Waals surface area contributed by atoms with E-state index in [1.54, 1.807) is 12.1 Å². The molecule has 2 fully saturated rings. The second-order valence-electron chi connectivity index (χ2n) is 9.08. The first-order valence-electron chi connectivity index (χ1n) is 8.93. The van der Waals surface area contributed by atoms with Gasteiger partial charge >= 0.3 is 5.97 Å². The smallest absolute Gasteiger partial charge is 0.326 e. The van der Waals surface area contributed by atoms with E-state index in [-0.39, 0.29) is 28.7 Å². The van der Waals surface area contributed by atoms with Crippen molar-refractivity contribution >= 4 is 17.6 Å². The number of fused-ring (bicyclic) bond motifs is 1. The molecule has 1 amide bonds. The van der Waals surface area contributed by atoms with Gasteiger partial charge in [0, 0.05) is 18.7 Å². The van der Waals surface area contributed by atoms with Crippen molar-refractivity contribution in [3.05, 3.63) is 28.7 Å². The summed E-state index contributed by atoms with van der Waals surface area (Å²) in [6.07, 6.45) is 1.53. The number of nitrogens with one attached hydrogen (secondary N) is 2. The van der Waals surface area contributed by atoms with E-state index < -0.39 is 23.5 Å². The highest BCUT2D eigenvalue weighted by molar-refractivity contribution is 5.91. The lowest BCUT2D eigenvalue weighted by molar-refractivity contribution is -0.151. The van der Waals surface area contributed by atoms with Crippen molar-refractivity contribution in [1.29, 1.82) is 0 Å². The van der Waals surface area contributed by atoms with Crippen LogP contribution < -0.4 is 10.9 Å². The lowest BCUT2D eigenvalue weighted by atomic mass is 9.85. The molecule has 7 nitrogen and oxygen atoms in total. The van der Waals surface area contributed by atoms with Crippen LogP contribution in [0.5, 0.6) is 0 Å². The Balaban J connectivity index is 1.88. The van der Waals surface area contributed by atoms with Crippen molar-refractivity contribution in [2.75, 3.05) is 11.9 Å². The predicted molar refractivity (Wildman–Crippen MR) is 97.8 cm³/mol. The molecule has 0 bridgehead atoms. The van der Waals surface area contributed by atoms with Gasteiger partial charge in [-0.1, -0.05) is 34.6 Å². The van der Waals surface area contributed by atoms with Gasteiger partial charge in [0.2, 0.25) is 5.91 Å². The second kappa shape index (κ2) is 5.86. The molecule has 1 saturated carbocycles. The van der Waals surface area contributed by atoms with Gasteiger partial charge in [0.25, 0.3) is 5.56 Å². The molecule has 2 heterocycles. The molecule has 0 aromatic carbocycles. The first-order chi connectivity index (χ1) is 12.0. The van der Waals surface area contributed by atoms with Crippen molar-refractivity contribution in [2.45, 2.75) is 46.7 Å². The number of hydrogen-bond donors (Lipinski definition) is 3. The van der Waals surface area contributed by atoms with Crippen molar-refractivity contribution in [3.8, 4) is 0 Å². The van der Waals surface area contributed by atoms with Gasteiger partial charge in [-0.15, -0.1) is 0 Å². The predicted octanol–water partition coefficient (Wildman–Crippen LogP) is 1.77. The van der Waals surface area contributed by atoms with E-state index in [1.165, 1.54) is 11.1 Å². The van der Waals surface area contributed by atoms with E-state index in [0.717, 1.165) is 0 Å². The number of carbonyl (C=O) groups is 2. The Hall–Kier alpha value is -2.31. The van der Waals surface area contributed by atoms with Gasteiger partial charge in [-0.05, 0) is 28.9 Å². The van der Waals surface area contributed by atoms with Crippen LogP contribution >= 0.6 is 0 Å². The fourth-order valence-corrected chi connectivity index (χ4v) is 4.30. The van der Waals surface area contributed by atoms with Crippen molar-refractivity contribution in [1.82, 2.24) is 9.88 Å². The molecule has 26 heavy (non-hydrogen) atoms. The molecule has 1 saturated heterocycles. The van der Waals surface area contributed by atoms with E-state index in [9.17, 15) is 19.5 Å². The van der Waals surface area contributed by atoms with Crippen LogP contribution in [0.25, 0.3) is 0 Å². The number of likely N-dealkylation sites (tertiary alicyclic amines) is 1. The summed E-state index contributed by atoms with van der Waals surface area (Å²) < 4.78 is 0. The van der Waals surface area contributed by atoms with Crippen LogP contribution in [0.3, 0.4) is 0 Å². The number of aliphatic carboxylic acids is 1. The summed E-state index contributed by atoms with van der Waals surface area (Å²) in [5.74, 6) is -1.02. The molecule has 3 rings (SSSR count). The van der Waals surface area contributed by atoms with Crippen molar-refractivity contribution in [2.24, 2.45) is 22.7 Å². The molecular weight excluding hydrogens is 334 g/mol. The molecule has 1 aromatic rings. The fourth-order valence-electron chi connectivity index (χ4n) is 4.30. The van der Waals surface area contributed by atoms with Crippen LogP contribution in [0.1, 0.15) is 34.6 Å². The number of piperidine rings is 1. The minimum Gasteiger partial charge on any atom is -0.480 e. The molecule has 0 spiro atoms. The highest BCUT2D eigenvalue weighted by Crippen LogP contribution is 2.65. The zero-order valence-corrected chi connectivity index (χ0v) is 15.9. The minimum absolute atomic E-state index is 0.00954. The zero-order valence-electron chi connectivity index (χ0n) is 15.9. The third kappa shape index (κ3) is 2.89. The van der Waals surface area contributed by atoms with E-state index in [0.29, 0.717) is 12.2 Å². The largest absolute Gasteiger partial charge is 0.480 e. The summed E-state index contributed by atoms with van der Waals surface area (Å²) in [6, 6.07) is 1.79. The highest BCUT2D eigenvalue weighted by atomic mass is 16.4. The van der Waals surface area contributed by atoms with Gasteiger partial charge in [0.15, 0.2) is 0 Å². The number of pyridine rings is 1. The molecule has 2 aliphatic rings. The summed E-state index contributed by atoms with van der Waals surface area (Å²) in [5.41, 5.74) is -0.543. The maximum Gasteiger partial charge on any atom is 0.326 e. The molecule has 142 valence electrons. The third-order valence-corrected chi connectivity index (χ3v) is 5.98. The molecule has 1 aliphatic carbocycles. The Kier molecular flexibility index (Phi) is 4.16. The Morgan fingerprint density at radius 3 is 2.58 bits per heavy atom. The van der Waals surface area contributed by atoms with E-state index in [2.05, 4.69) is 24.1 Å². The summed E-state index contributed by atoms with van der Waals surface area (Å²) in [4.78, 5) is 41.2. The normalized spacial score (nSPS) is 27.6. The van der Waals surface area contributed by atoms with Gasteiger partial charge < -0.3 is 20.3 Å². The Morgan fingerprint density at radius 2 is 2.04 bits per heavy atom. The lowest BCUT2D eigenvalue weighted by Gasteiger charge is -2.37. The molecule has 4 atom stereocenters. The monoisotopic (exact) mass is 361 g/mol. The van der Waals surface area contributed by atoms with E-state index in [1.807, 2.05) is 20.8 Å². The fraction of sp³-hybridized carbons (Fsp3) is 0.632. The number of rotatable bonds is 4. The quantitative estimate of drug-likeness (QED) is 0.758. The number of nitrogens with zero attached hydrogens (tertiary/aromatic N) is 1. The molecule has 7 heteroatoms. The standard InChI is InChI=1S/C19H27N3O4/c1-18(2,3)14(21-11-7-6-8-20-15(11)23)16(24)22-9-10-12(19(10,4)5)13(22)17(25)26/h6-8,10,12-14,21H,9H2,1-5H3,(H,20,23)(H,25,26)/t10-,12-,13-,14+/m0/s1. The number of anilines is 1. The maximum absolute atomic E-state index is 13.3. The Bertz CT molecular complexity index is 792. The van der Waals surface area contributed by atoms with Crippen LogP contribution in [-0.4, -0.2) is 45.5 Å². The number of aromatic nitrogens is 1. The Labute approximate surface area is 152 Å². The van der Waals surface area contributed by atoms with Crippen LogP contribution in [0.2, 0.25) is 0 Å². The van der Waals surface area contributed by atoms with Crippen LogP contribution in [0, 0.1) is 22.7 Å². The second-order valence-corrected chi connectivity index (χ2v) is 9.08. The molecule has 3 N–H and O–H groups in total. The van der Waals surface area contributed by atoms with Crippen LogP contribution in [0.15, 0.2) is 23.1 Å². The van der Waals surface area contributed by atoms with Gasteiger partial charge in [-0.3, -0.25) is 9.59 Å². The SMILES string of the molecule is CC(C)(C)[C@H](Nc1ccc[nH]c1=O)C(=O)N1C[C@H]2[C@@H]([C@H]1C(=O)O)C2(C)C. The van der Waals surface area contributed by atoms with Gasteiger partial charge in [-0.25, -0.2) is 4.79 Å². The van der Waals surface area contributed by atoms with Gasteiger partial charge in [0.1, 0.15) is 17.8 Å². The number of amides is 1. The maximum atomic E-state index is 13.3. The number of hydrogen-bond acceptors (Lipinski definition) is 4. The highest BCUT2D eigenvalue weighted by Gasteiger charge is 2.70. The van der Waals surface area contributed by atoms with Crippen LogP contribution in [0.4, 0.5) is 5.69 Å². The molecule has 0 unspecified atom stereocenters. The topological polar surface area (TPSA) is 103 Å². The number of aromatic amines is 1. The van der Waals surface area contributed by atoms with E-state index >= 15 is 0 Å². The van der Waals surface area contributed by atoms with E-state index in [4.69, 9.17) is 0 Å². The minimum atomic E-state index is -0.957. The molecular formula is C19H27N3O4. The molecule has 0 radical (unpaired) electrons. The number of H-pyrrole nitrogens is 1. The Morgan fingerprint density at radius 1 is 1.38 bits per heavy atom. The van der Waals surface area contributed by atoms with Crippen LogP contribution in [-0.2, 0) is 9.59 Å². The average Bonchev–Trinajstić information content (AvgIpc) is 2.90. The van der Waals surface area contributed by atoms with Gasteiger partial charge in [-0.2, -0.15) is 0 Å².